The maximum absolute atomic E-state index is 13.2. The molecule has 0 unspecified atom stereocenters. The maximum atomic E-state index is 13.2. The van der Waals surface area contributed by atoms with Crippen LogP contribution in [0, 0.1) is 5.82 Å². The molecule has 2 heteroatoms. The fourth-order valence-corrected chi connectivity index (χ4v) is 2.75. The summed E-state index contributed by atoms with van der Waals surface area (Å²) in [4.78, 5) is 4.87. The molecule has 0 atom stereocenters. The van der Waals surface area contributed by atoms with E-state index in [1.165, 1.54) is 12.1 Å². The lowest BCUT2D eigenvalue weighted by atomic mass is 9.93. The Morgan fingerprint density at radius 2 is 1.58 bits per heavy atom. The molecule has 0 spiro atoms. The van der Waals surface area contributed by atoms with Crippen LogP contribution in [0.1, 0.15) is 36.6 Å². The Morgan fingerprint density at radius 3 is 2.21 bits per heavy atom. The Hall–Kier alpha value is -2.74. The van der Waals surface area contributed by atoms with Gasteiger partial charge in [-0.15, -0.1) is 0 Å². The first-order valence-electron chi connectivity index (χ1n) is 8.08. The molecule has 0 aliphatic carbocycles. The van der Waals surface area contributed by atoms with Crippen molar-refractivity contribution in [3.05, 3.63) is 95.9 Å². The van der Waals surface area contributed by atoms with Crippen LogP contribution in [-0.4, -0.2) is 4.98 Å². The molecule has 3 aromatic rings. The van der Waals surface area contributed by atoms with Crippen LogP contribution in [0.4, 0.5) is 4.39 Å². The van der Waals surface area contributed by atoms with Gasteiger partial charge in [-0.05, 0) is 35.3 Å². The van der Waals surface area contributed by atoms with Gasteiger partial charge in [0.2, 0.25) is 0 Å². The zero-order valence-electron chi connectivity index (χ0n) is 14.0. The number of pyridine rings is 1. The highest BCUT2D eigenvalue weighted by Gasteiger charge is 2.14. The van der Waals surface area contributed by atoms with Crippen molar-refractivity contribution >= 4 is 5.57 Å². The van der Waals surface area contributed by atoms with Gasteiger partial charge in [0.25, 0.3) is 0 Å². The Balaban J connectivity index is 2.05. The minimum atomic E-state index is -0.242. The molecule has 3 rings (SSSR count). The largest absolute Gasteiger partial charge is 0.252 e. The summed E-state index contributed by atoms with van der Waals surface area (Å²) in [6.45, 7) is 8.45. The highest BCUT2D eigenvalue weighted by atomic mass is 19.1. The zero-order chi connectivity index (χ0) is 17.1. The fourth-order valence-electron chi connectivity index (χ4n) is 2.75. The van der Waals surface area contributed by atoms with Gasteiger partial charge in [-0.1, -0.05) is 69.0 Å². The average molecular weight is 317 g/mol. The van der Waals surface area contributed by atoms with Crippen molar-refractivity contribution < 1.29 is 4.39 Å². The topological polar surface area (TPSA) is 12.9 Å². The molecule has 1 aromatic heterocycles. The molecular formula is C22H20FN. The first-order chi connectivity index (χ1) is 11.6. The summed E-state index contributed by atoms with van der Waals surface area (Å²) in [6.07, 6.45) is 0. The van der Waals surface area contributed by atoms with Crippen molar-refractivity contribution in [3.8, 4) is 11.3 Å². The fraction of sp³-hybridized carbons (Fsp3) is 0.136. The van der Waals surface area contributed by atoms with E-state index in [0.717, 1.165) is 33.7 Å². The van der Waals surface area contributed by atoms with Gasteiger partial charge in [-0.25, -0.2) is 4.39 Å². The molecule has 0 aliphatic rings. The molecule has 0 fully saturated rings. The van der Waals surface area contributed by atoms with Gasteiger partial charge in [0, 0.05) is 11.1 Å². The Morgan fingerprint density at radius 1 is 0.917 bits per heavy atom. The number of hydrogen-bond donors (Lipinski definition) is 0. The third-order valence-corrected chi connectivity index (χ3v) is 4.06. The van der Waals surface area contributed by atoms with Crippen LogP contribution < -0.4 is 0 Å². The summed E-state index contributed by atoms with van der Waals surface area (Å²) < 4.78 is 13.2. The average Bonchev–Trinajstić information content (AvgIpc) is 2.62. The lowest BCUT2D eigenvalue weighted by Gasteiger charge is -2.16. The first kappa shape index (κ1) is 16.1. The minimum Gasteiger partial charge on any atom is -0.252 e. The van der Waals surface area contributed by atoms with Gasteiger partial charge >= 0.3 is 0 Å². The van der Waals surface area contributed by atoms with E-state index >= 15 is 0 Å². The van der Waals surface area contributed by atoms with Crippen molar-refractivity contribution in [1.29, 1.82) is 0 Å². The highest BCUT2D eigenvalue weighted by Crippen LogP contribution is 2.30. The van der Waals surface area contributed by atoms with E-state index < -0.39 is 0 Å². The van der Waals surface area contributed by atoms with E-state index in [0.29, 0.717) is 0 Å². The summed E-state index contributed by atoms with van der Waals surface area (Å²) in [6, 6.07) is 20.7. The second kappa shape index (κ2) is 6.79. The molecule has 0 saturated heterocycles. The van der Waals surface area contributed by atoms with Gasteiger partial charge in [-0.3, -0.25) is 4.98 Å². The Kier molecular flexibility index (Phi) is 4.57. The molecule has 0 aliphatic heterocycles. The number of aromatic nitrogens is 1. The summed E-state index contributed by atoms with van der Waals surface area (Å²) in [5, 5.41) is 0. The van der Waals surface area contributed by atoms with E-state index in [9.17, 15) is 4.39 Å². The van der Waals surface area contributed by atoms with E-state index in [1.807, 2.05) is 24.3 Å². The Bertz CT molecular complexity index is 849. The number of benzene rings is 2. The molecule has 1 heterocycles. The lowest BCUT2D eigenvalue weighted by Crippen LogP contribution is -2.02. The van der Waals surface area contributed by atoms with Crippen LogP contribution in [0.2, 0.25) is 0 Å². The smallest absolute Gasteiger partial charge is 0.123 e. The molecule has 0 amide bonds. The third kappa shape index (κ3) is 3.28. The molecule has 0 bridgehead atoms. The molecule has 0 N–H and O–H groups in total. The second-order valence-electron chi connectivity index (χ2n) is 6.14. The first-order valence-corrected chi connectivity index (χ1v) is 8.08. The monoisotopic (exact) mass is 317 g/mol. The predicted octanol–water partition coefficient (Wildman–Crippen LogP) is 6.07. The van der Waals surface area contributed by atoms with Crippen LogP contribution in [-0.2, 0) is 0 Å². The van der Waals surface area contributed by atoms with Gasteiger partial charge in [0.1, 0.15) is 5.82 Å². The van der Waals surface area contributed by atoms with E-state index in [1.54, 1.807) is 12.1 Å². The van der Waals surface area contributed by atoms with E-state index in [-0.39, 0.29) is 11.7 Å². The van der Waals surface area contributed by atoms with Gasteiger partial charge in [-0.2, -0.15) is 0 Å². The van der Waals surface area contributed by atoms with Crippen LogP contribution in [0.5, 0.6) is 0 Å². The maximum Gasteiger partial charge on any atom is 0.123 e. The zero-order valence-corrected chi connectivity index (χ0v) is 14.0. The molecule has 24 heavy (non-hydrogen) atoms. The van der Waals surface area contributed by atoms with Crippen molar-refractivity contribution in [1.82, 2.24) is 4.98 Å². The minimum absolute atomic E-state index is 0.242. The van der Waals surface area contributed by atoms with Crippen molar-refractivity contribution in [3.63, 3.8) is 0 Å². The van der Waals surface area contributed by atoms with E-state index in [4.69, 9.17) is 4.98 Å². The number of halogens is 1. The highest BCUT2D eigenvalue weighted by molar-refractivity contribution is 5.80. The normalized spacial score (nSPS) is 10.8. The third-order valence-electron chi connectivity index (χ3n) is 4.06. The second-order valence-corrected chi connectivity index (χ2v) is 6.14. The van der Waals surface area contributed by atoms with Crippen molar-refractivity contribution in [2.75, 3.05) is 0 Å². The standard InChI is InChI=1S/C22H20FN/c1-15(2)22-20(16(3)17-9-11-19(23)12-10-17)13-14-21(24-22)18-7-5-4-6-8-18/h4-15H,3H2,1-2H3. The lowest BCUT2D eigenvalue weighted by molar-refractivity contribution is 0.627. The van der Waals surface area contributed by atoms with Crippen LogP contribution in [0.25, 0.3) is 16.8 Å². The molecule has 1 nitrogen and oxygen atoms in total. The van der Waals surface area contributed by atoms with Gasteiger partial charge in [0.05, 0.1) is 11.4 Å². The molecule has 120 valence electrons. The quantitative estimate of drug-likeness (QED) is 0.569. The van der Waals surface area contributed by atoms with Gasteiger partial charge in [0.15, 0.2) is 0 Å². The Labute approximate surface area is 142 Å². The SMILES string of the molecule is C=C(c1ccc(F)cc1)c1ccc(-c2ccccc2)nc1C(C)C. The van der Waals surface area contributed by atoms with Crippen molar-refractivity contribution in [2.24, 2.45) is 0 Å². The molecule has 0 radical (unpaired) electrons. The number of nitrogens with zero attached hydrogens (tertiary/aromatic N) is 1. The number of rotatable bonds is 4. The molecular weight excluding hydrogens is 297 g/mol. The van der Waals surface area contributed by atoms with Crippen LogP contribution in [0.15, 0.2) is 73.3 Å². The summed E-state index contributed by atoms with van der Waals surface area (Å²) in [7, 11) is 0. The van der Waals surface area contributed by atoms with Crippen LogP contribution >= 0.6 is 0 Å². The van der Waals surface area contributed by atoms with Crippen LogP contribution in [0.3, 0.4) is 0 Å². The molecule has 0 saturated carbocycles. The summed E-state index contributed by atoms with van der Waals surface area (Å²) in [5.41, 5.74) is 5.84. The van der Waals surface area contributed by atoms with E-state index in [2.05, 4.69) is 38.6 Å². The summed E-state index contributed by atoms with van der Waals surface area (Å²) in [5.74, 6) is 0.0223. The predicted molar refractivity (Wildman–Crippen MR) is 98.3 cm³/mol. The number of hydrogen-bond acceptors (Lipinski definition) is 1. The van der Waals surface area contributed by atoms with Crippen molar-refractivity contribution in [2.45, 2.75) is 19.8 Å². The molecule has 2 aromatic carbocycles. The summed E-state index contributed by atoms with van der Waals surface area (Å²) >= 11 is 0. The van der Waals surface area contributed by atoms with Gasteiger partial charge < -0.3 is 0 Å².